The fourth-order valence-electron chi connectivity index (χ4n) is 4.44. The highest BCUT2D eigenvalue weighted by atomic mass is 16.5. The van der Waals surface area contributed by atoms with Gasteiger partial charge in [-0.1, -0.05) is 121 Å². The third kappa shape index (κ3) is 5.88. The Morgan fingerprint density at radius 3 is 0.842 bits per heavy atom. The number of carbonyl (C=O) groups excluding carboxylic acids is 2. The standard InChI is InChI=1S/C34H26O4/c35-33(31(25-13-5-1-6-14-25)26-15-7-2-8-16-26)37-29-21-23-30(24-22-29)38-34(36)32(27-17-9-3-10-18-27)28-19-11-4-12-20-28/h1-24,31-32H. The first-order valence-electron chi connectivity index (χ1n) is 12.4. The lowest BCUT2D eigenvalue weighted by molar-refractivity contribution is -0.136. The minimum atomic E-state index is -0.563. The van der Waals surface area contributed by atoms with Gasteiger partial charge in [0.25, 0.3) is 0 Å². The van der Waals surface area contributed by atoms with Crippen molar-refractivity contribution in [2.75, 3.05) is 0 Å². The van der Waals surface area contributed by atoms with Crippen LogP contribution in [-0.4, -0.2) is 11.9 Å². The van der Waals surface area contributed by atoms with E-state index in [4.69, 9.17) is 9.47 Å². The number of benzene rings is 5. The molecule has 0 amide bonds. The predicted octanol–water partition coefficient (Wildman–Crippen LogP) is 7.16. The van der Waals surface area contributed by atoms with Crippen molar-refractivity contribution < 1.29 is 19.1 Å². The van der Waals surface area contributed by atoms with E-state index in [1.54, 1.807) is 24.3 Å². The fraction of sp³-hybridized carbons (Fsp3) is 0.0588. The highest BCUT2D eigenvalue weighted by Crippen LogP contribution is 2.30. The first-order chi connectivity index (χ1) is 18.7. The van der Waals surface area contributed by atoms with E-state index in [1.165, 1.54) is 0 Å². The Morgan fingerprint density at radius 2 is 0.605 bits per heavy atom. The molecule has 4 nitrogen and oxygen atoms in total. The Hall–Kier alpha value is -4.96. The van der Waals surface area contributed by atoms with E-state index in [0.29, 0.717) is 11.5 Å². The van der Waals surface area contributed by atoms with E-state index in [9.17, 15) is 9.59 Å². The van der Waals surface area contributed by atoms with Crippen LogP contribution in [0.1, 0.15) is 34.1 Å². The Morgan fingerprint density at radius 1 is 0.368 bits per heavy atom. The predicted molar refractivity (Wildman–Crippen MR) is 147 cm³/mol. The molecule has 0 unspecified atom stereocenters. The maximum Gasteiger partial charge on any atom is 0.323 e. The molecule has 0 aliphatic heterocycles. The van der Waals surface area contributed by atoms with Crippen LogP contribution >= 0.6 is 0 Å². The molecule has 0 atom stereocenters. The molecule has 4 heteroatoms. The van der Waals surface area contributed by atoms with Gasteiger partial charge in [-0.15, -0.1) is 0 Å². The molecule has 5 aromatic carbocycles. The van der Waals surface area contributed by atoms with Crippen LogP contribution in [0.25, 0.3) is 0 Å². The van der Waals surface area contributed by atoms with Crippen molar-refractivity contribution in [3.8, 4) is 11.5 Å². The van der Waals surface area contributed by atoms with Crippen molar-refractivity contribution >= 4 is 11.9 Å². The molecule has 0 radical (unpaired) electrons. The van der Waals surface area contributed by atoms with Crippen LogP contribution < -0.4 is 9.47 Å². The molecule has 0 saturated carbocycles. The second kappa shape index (κ2) is 11.8. The number of ether oxygens (including phenoxy) is 2. The van der Waals surface area contributed by atoms with E-state index < -0.39 is 11.8 Å². The minimum Gasteiger partial charge on any atom is -0.426 e. The Balaban J connectivity index is 1.32. The summed E-state index contributed by atoms with van der Waals surface area (Å²) in [5, 5.41) is 0. The molecular weight excluding hydrogens is 472 g/mol. The third-order valence-electron chi connectivity index (χ3n) is 6.26. The molecule has 0 spiro atoms. The molecule has 0 aliphatic carbocycles. The largest absolute Gasteiger partial charge is 0.426 e. The molecule has 0 fully saturated rings. The van der Waals surface area contributed by atoms with E-state index in [1.807, 2.05) is 121 Å². The second-order valence-corrected chi connectivity index (χ2v) is 8.82. The summed E-state index contributed by atoms with van der Waals surface area (Å²) in [5.74, 6) is -1.16. The van der Waals surface area contributed by atoms with Crippen LogP contribution in [0.3, 0.4) is 0 Å². The van der Waals surface area contributed by atoms with E-state index in [2.05, 4.69) is 0 Å². The van der Waals surface area contributed by atoms with Gasteiger partial charge < -0.3 is 9.47 Å². The van der Waals surface area contributed by atoms with Crippen LogP contribution in [0.5, 0.6) is 11.5 Å². The maximum atomic E-state index is 13.3. The first kappa shape index (κ1) is 24.7. The molecule has 0 bridgehead atoms. The zero-order valence-electron chi connectivity index (χ0n) is 20.6. The van der Waals surface area contributed by atoms with Crippen molar-refractivity contribution in [1.82, 2.24) is 0 Å². The Bertz CT molecular complexity index is 1270. The van der Waals surface area contributed by atoms with Crippen LogP contribution in [0.15, 0.2) is 146 Å². The lowest BCUT2D eigenvalue weighted by Gasteiger charge is -2.18. The van der Waals surface area contributed by atoms with Gasteiger partial charge in [-0.25, -0.2) is 0 Å². The van der Waals surface area contributed by atoms with Gasteiger partial charge in [0.2, 0.25) is 0 Å². The molecule has 0 aromatic heterocycles. The fourth-order valence-corrected chi connectivity index (χ4v) is 4.44. The number of rotatable bonds is 8. The van der Waals surface area contributed by atoms with Gasteiger partial charge in [0.1, 0.15) is 23.3 Å². The van der Waals surface area contributed by atoms with Crippen LogP contribution in [0.4, 0.5) is 0 Å². The van der Waals surface area contributed by atoms with E-state index in [0.717, 1.165) is 22.3 Å². The normalized spacial score (nSPS) is 10.8. The molecular formula is C34H26O4. The number of carbonyl (C=O) groups is 2. The smallest absolute Gasteiger partial charge is 0.323 e. The first-order valence-corrected chi connectivity index (χ1v) is 12.4. The average molecular weight is 499 g/mol. The van der Waals surface area contributed by atoms with Gasteiger partial charge in [0.05, 0.1) is 0 Å². The quantitative estimate of drug-likeness (QED) is 0.168. The van der Waals surface area contributed by atoms with Crippen molar-refractivity contribution in [2.24, 2.45) is 0 Å². The van der Waals surface area contributed by atoms with E-state index >= 15 is 0 Å². The van der Waals surface area contributed by atoms with Gasteiger partial charge in [0, 0.05) is 0 Å². The van der Waals surface area contributed by atoms with Crippen LogP contribution in [-0.2, 0) is 9.59 Å². The van der Waals surface area contributed by atoms with Gasteiger partial charge >= 0.3 is 11.9 Å². The molecule has 0 heterocycles. The average Bonchev–Trinajstić information content (AvgIpc) is 2.97. The van der Waals surface area contributed by atoms with Gasteiger partial charge in [-0.2, -0.15) is 0 Å². The van der Waals surface area contributed by atoms with Crippen molar-refractivity contribution in [3.63, 3.8) is 0 Å². The zero-order valence-corrected chi connectivity index (χ0v) is 20.6. The van der Waals surface area contributed by atoms with Crippen LogP contribution in [0, 0.1) is 0 Å². The third-order valence-corrected chi connectivity index (χ3v) is 6.26. The highest BCUT2D eigenvalue weighted by Gasteiger charge is 2.26. The number of esters is 2. The Kier molecular flexibility index (Phi) is 7.71. The number of hydrogen-bond acceptors (Lipinski definition) is 4. The van der Waals surface area contributed by atoms with Gasteiger partial charge in [-0.05, 0) is 46.5 Å². The van der Waals surface area contributed by atoms with Crippen molar-refractivity contribution in [2.45, 2.75) is 11.8 Å². The summed E-state index contributed by atoms with van der Waals surface area (Å²) in [6.07, 6.45) is 0. The molecule has 0 aliphatic rings. The summed E-state index contributed by atoms with van der Waals surface area (Å²) < 4.78 is 11.5. The SMILES string of the molecule is O=C(Oc1ccc(OC(=O)C(c2ccccc2)c2ccccc2)cc1)C(c1ccccc1)c1ccccc1. The molecule has 0 saturated heterocycles. The molecule has 5 aromatic rings. The van der Waals surface area contributed by atoms with Crippen molar-refractivity contribution in [3.05, 3.63) is 168 Å². The van der Waals surface area contributed by atoms with Crippen LogP contribution in [0.2, 0.25) is 0 Å². The summed E-state index contributed by atoms with van der Waals surface area (Å²) in [4.78, 5) is 26.5. The topological polar surface area (TPSA) is 52.6 Å². The van der Waals surface area contributed by atoms with Gasteiger partial charge in [0.15, 0.2) is 0 Å². The van der Waals surface area contributed by atoms with Crippen molar-refractivity contribution in [1.29, 1.82) is 0 Å². The number of hydrogen-bond donors (Lipinski definition) is 0. The molecule has 5 rings (SSSR count). The zero-order chi connectivity index (χ0) is 26.2. The summed E-state index contributed by atoms with van der Waals surface area (Å²) in [6, 6.07) is 44.7. The Labute approximate surface area is 222 Å². The second-order valence-electron chi connectivity index (χ2n) is 8.82. The highest BCUT2D eigenvalue weighted by molar-refractivity contribution is 5.85. The summed E-state index contributed by atoms with van der Waals surface area (Å²) in [5.41, 5.74) is 3.40. The lowest BCUT2D eigenvalue weighted by atomic mass is 9.91. The van der Waals surface area contributed by atoms with E-state index in [-0.39, 0.29) is 11.9 Å². The summed E-state index contributed by atoms with van der Waals surface area (Å²) >= 11 is 0. The monoisotopic (exact) mass is 498 g/mol. The van der Waals surface area contributed by atoms with Gasteiger partial charge in [-0.3, -0.25) is 9.59 Å². The summed E-state index contributed by atoms with van der Waals surface area (Å²) in [7, 11) is 0. The molecule has 186 valence electrons. The maximum absolute atomic E-state index is 13.3. The lowest BCUT2D eigenvalue weighted by Crippen LogP contribution is -2.20. The summed E-state index contributed by atoms with van der Waals surface area (Å²) in [6.45, 7) is 0. The minimum absolute atomic E-state index is 0.370. The molecule has 0 N–H and O–H groups in total. The molecule has 38 heavy (non-hydrogen) atoms.